The molecule has 0 atom stereocenters. The first-order valence-electron chi connectivity index (χ1n) is 5.60. The van der Waals surface area contributed by atoms with Crippen LogP contribution in [0.5, 0.6) is 11.5 Å². The summed E-state index contributed by atoms with van der Waals surface area (Å²) in [6.07, 6.45) is 1.87. The highest BCUT2D eigenvalue weighted by molar-refractivity contribution is 6.13. The van der Waals surface area contributed by atoms with Gasteiger partial charge in [-0.25, -0.2) is 0 Å². The zero-order valence-electron chi connectivity index (χ0n) is 10.0. The minimum absolute atomic E-state index is 0.650. The zero-order valence-corrected chi connectivity index (χ0v) is 10.0. The topological polar surface area (TPSA) is 38.7 Å². The minimum atomic E-state index is 0.650. The fourth-order valence-corrected chi connectivity index (χ4v) is 1.46. The molecular formula is C15H13NO2. The van der Waals surface area contributed by atoms with E-state index in [1.54, 1.807) is 12.1 Å². The van der Waals surface area contributed by atoms with Crippen LogP contribution in [0.2, 0.25) is 0 Å². The van der Waals surface area contributed by atoms with Crippen LogP contribution in [-0.4, -0.2) is 12.5 Å². The van der Waals surface area contributed by atoms with Crippen LogP contribution >= 0.6 is 0 Å². The van der Waals surface area contributed by atoms with Crippen molar-refractivity contribution in [3.8, 4) is 11.5 Å². The van der Waals surface area contributed by atoms with Gasteiger partial charge in [0.1, 0.15) is 11.5 Å². The fraction of sp³-hybridized carbons (Fsp3) is 0.0667. The molecule has 0 saturated carbocycles. The van der Waals surface area contributed by atoms with Crippen LogP contribution in [-0.2, 0) is 4.79 Å². The number of benzene rings is 2. The Morgan fingerprint density at radius 1 is 0.944 bits per heavy atom. The normalized spacial score (nSPS) is 10.5. The molecule has 0 spiro atoms. The molecule has 0 aromatic heterocycles. The van der Waals surface area contributed by atoms with Crippen molar-refractivity contribution < 1.29 is 9.53 Å². The Labute approximate surface area is 106 Å². The number of carbonyl (C=O) groups is 1. The highest BCUT2D eigenvalue weighted by atomic mass is 16.5. The van der Waals surface area contributed by atoms with Crippen LogP contribution in [0, 0.1) is 6.92 Å². The van der Waals surface area contributed by atoms with Gasteiger partial charge in [-0.2, -0.15) is 0 Å². The van der Waals surface area contributed by atoms with Gasteiger partial charge in [0.05, 0.1) is 11.9 Å². The van der Waals surface area contributed by atoms with Crippen molar-refractivity contribution in [3.63, 3.8) is 0 Å². The standard InChI is InChI=1S/C15H13NO2/c1-12-2-6-14(7-3-12)18-15-8-4-13(5-9-15)16-10-11-17/h2-11H,1H3. The number of aldehydes is 1. The lowest BCUT2D eigenvalue weighted by Gasteiger charge is -2.05. The van der Waals surface area contributed by atoms with E-state index in [0.29, 0.717) is 6.29 Å². The second-order valence-electron chi connectivity index (χ2n) is 3.82. The Morgan fingerprint density at radius 2 is 1.50 bits per heavy atom. The second kappa shape index (κ2) is 5.77. The number of carbonyl (C=O) groups excluding carboxylic acids is 1. The lowest BCUT2D eigenvalue weighted by molar-refractivity contribution is -0.102. The molecule has 3 nitrogen and oxygen atoms in total. The Hall–Kier alpha value is -2.42. The summed E-state index contributed by atoms with van der Waals surface area (Å²) >= 11 is 0. The van der Waals surface area contributed by atoms with Crippen LogP contribution in [0.1, 0.15) is 5.56 Å². The van der Waals surface area contributed by atoms with E-state index in [-0.39, 0.29) is 0 Å². The zero-order chi connectivity index (χ0) is 12.8. The van der Waals surface area contributed by atoms with Gasteiger partial charge in [-0.1, -0.05) is 17.7 Å². The summed E-state index contributed by atoms with van der Waals surface area (Å²) in [6.45, 7) is 2.03. The molecule has 0 radical (unpaired) electrons. The molecule has 0 heterocycles. The Bertz CT molecular complexity index is 542. The lowest BCUT2D eigenvalue weighted by atomic mass is 10.2. The van der Waals surface area contributed by atoms with Gasteiger partial charge < -0.3 is 4.74 Å². The van der Waals surface area contributed by atoms with Crippen molar-refractivity contribution in [3.05, 3.63) is 54.1 Å². The quantitative estimate of drug-likeness (QED) is 0.603. The number of ether oxygens (including phenoxy) is 1. The number of hydrogen-bond acceptors (Lipinski definition) is 3. The van der Waals surface area contributed by atoms with E-state index in [4.69, 9.17) is 4.74 Å². The molecule has 0 saturated heterocycles. The number of nitrogens with zero attached hydrogens (tertiary/aromatic N) is 1. The maximum atomic E-state index is 10.1. The molecule has 18 heavy (non-hydrogen) atoms. The van der Waals surface area contributed by atoms with E-state index in [2.05, 4.69) is 4.99 Å². The SMILES string of the molecule is Cc1ccc(Oc2ccc(N=CC=O)cc2)cc1. The van der Waals surface area contributed by atoms with Gasteiger partial charge in [0, 0.05) is 0 Å². The molecule has 3 heteroatoms. The molecule has 2 rings (SSSR count). The van der Waals surface area contributed by atoms with Gasteiger partial charge in [-0.05, 0) is 43.3 Å². The minimum Gasteiger partial charge on any atom is -0.457 e. The third-order valence-electron chi connectivity index (χ3n) is 2.38. The molecule has 0 fully saturated rings. The van der Waals surface area contributed by atoms with Gasteiger partial charge >= 0.3 is 0 Å². The summed E-state index contributed by atoms with van der Waals surface area (Å²) in [5, 5.41) is 0. The highest BCUT2D eigenvalue weighted by Crippen LogP contribution is 2.23. The fourth-order valence-electron chi connectivity index (χ4n) is 1.46. The summed E-state index contributed by atoms with van der Waals surface area (Å²) in [6, 6.07) is 15.1. The smallest absolute Gasteiger partial charge is 0.161 e. The summed E-state index contributed by atoms with van der Waals surface area (Å²) in [5.41, 5.74) is 1.92. The van der Waals surface area contributed by atoms with Crippen molar-refractivity contribution in [1.82, 2.24) is 0 Å². The van der Waals surface area contributed by atoms with Crippen molar-refractivity contribution in [1.29, 1.82) is 0 Å². The maximum absolute atomic E-state index is 10.1. The Kier molecular flexibility index (Phi) is 3.86. The molecule has 0 aliphatic rings. The monoisotopic (exact) mass is 239 g/mol. The first-order valence-corrected chi connectivity index (χ1v) is 5.60. The first-order chi connectivity index (χ1) is 8.78. The Balaban J connectivity index is 2.08. The number of rotatable bonds is 4. The average Bonchev–Trinajstić information content (AvgIpc) is 2.41. The van der Waals surface area contributed by atoms with Crippen molar-refractivity contribution in [2.24, 2.45) is 4.99 Å². The van der Waals surface area contributed by atoms with Gasteiger partial charge in [0.25, 0.3) is 0 Å². The molecule has 0 N–H and O–H groups in total. The predicted molar refractivity (Wildman–Crippen MR) is 71.9 cm³/mol. The van der Waals surface area contributed by atoms with Gasteiger partial charge in [0.15, 0.2) is 6.29 Å². The third-order valence-corrected chi connectivity index (χ3v) is 2.38. The molecule has 0 amide bonds. The highest BCUT2D eigenvalue weighted by Gasteiger charge is 1.97. The van der Waals surface area contributed by atoms with Crippen LogP contribution in [0.15, 0.2) is 53.5 Å². The van der Waals surface area contributed by atoms with Gasteiger partial charge in [-0.3, -0.25) is 9.79 Å². The van der Waals surface area contributed by atoms with Gasteiger partial charge in [0.2, 0.25) is 0 Å². The van der Waals surface area contributed by atoms with Gasteiger partial charge in [-0.15, -0.1) is 0 Å². The first kappa shape index (κ1) is 12.0. The second-order valence-corrected chi connectivity index (χ2v) is 3.82. The van der Waals surface area contributed by atoms with E-state index in [9.17, 15) is 4.79 Å². The molecule has 0 unspecified atom stereocenters. The van der Waals surface area contributed by atoms with Crippen molar-refractivity contribution >= 4 is 18.2 Å². The third kappa shape index (κ3) is 3.28. The van der Waals surface area contributed by atoms with Crippen molar-refractivity contribution in [2.45, 2.75) is 6.92 Å². The summed E-state index contributed by atoms with van der Waals surface area (Å²) in [7, 11) is 0. The van der Waals surface area contributed by atoms with E-state index in [1.165, 1.54) is 11.8 Å². The summed E-state index contributed by atoms with van der Waals surface area (Å²) in [5.74, 6) is 1.54. The van der Waals surface area contributed by atoms with Crippen molar-refractivity contribution in [2.75, 3.05) is 0 Å². The Morgan fingerprint density at radius 3 is 2.06 bits per heavy atom. The molecule has 0 aliphatic heterocycles. The maximum Gasteiger partial charge on any atom is 0.161 e. The number of aryl methyl sites for hydroxylation is 1. The number of hydrogen-bond donors (Lipinski definition) is 0. The molecule has 2 aromatic carbocycles. The van der Waals surface area contributed by atoms with E-state index in [0.717, 1.165) is 17.2 Å². The molecular weight excluding hydrogens is 226 g/mol. The average molecular weight is 239 g/mol. The van der Waals surface area contributed by atoms with Crippen LogP contribution in [0.3, 0.4) is 0 Å². The van der Waals surface area contributed by atoms with E-state index in [1.807, 2.05) is 43.3 Å². The van der Waals surface area contributed by atoms with E-state index < -0.39 is 0 Å². The summed E-state index contributed by atoms with van der Waals surface area (Å²) in [4.78, 5) is 14.1. The molecule has 90 valence electrons. The largest absolute Gasteiger partial charge is 0.457 e. The molecule has 2 aromatic rings. The van der Waals surface area contributed by atoms with E-state index >= 15 is 0 Å². The lowest BCUT2D eigenvalue weighted by Crippen LogP contribution is -1.83. The molecule has 0 bridgehead atoms. The van der Waals surface area contributed by atoms with Crippen LogP contribution in [0.25, 0.3) is 0 Å². The summed E-state index contributed by atoms with van der Waals surface area (Å²) < 4.78 is 5.67. The van der Waals surface area contributed by atoms with Crippen LogP contribution in [0.4, 0.5) is 5.69 Å². The van der Waals surface area contributed by atoms with Crippen LogP contribution < -0.4 is 4.74 Å². The molecule has 0 aliphatic carbocycles. The number of aliphatic imine (C=N–C) groups is 1. The predicted octanol–water partition coefficient (Wildman–Crippen LogP) is 3.69.